The maximum absolute atomic E-state index is 13.6. The summed E-state index contributed by atoms with van der Waals surface area (Å²) < 4.78 is 5.85. The number of fused-ring (bicyclic) bond motifs is 1. The number of para-hydroxylation sites is 1. The number of benzene rings is 2. The number of amides is 2. The van der Waals surface area contributed by atoms with Crippen LogP contribution >= 0.6 is 0 Å². The number of nitrogens with one attached hydrogen (secondary N) is 3. The summed E-state index contributed by atoms with van der Waals surface area (Å²) >= 11 is 0. The van der Waals surface area contributed by atoms with E-state index in [1.165, 1.54) is 0 Å². The molecule has 0 radical (unpaired) electrons. The molecule has 4 N–H and O–H groups in total. The summed E-state index contributed by atoms with van der Waals surface area (Å²) in [5.74, 6) is -1.98. The molecule has 0 saturated heterocycles. The van der Waals surface area contributed by atoms with Crippen LogP contribution in [0.5, 0.6) is 0 Å². The average molecular weight is 600 g/mol. The monoisotopic (exact) mass is 599 g/mol. The SMILES string of the molecule is C=CC[C@@H](CC(=O)NC1(CO)CCCC1)C(=O)N[C@H](COC(=O)[C@@H](CC=C)Cc1ccccc1)Cc1c[nH]c2ccccc12. The number of hydrogen-bond donors (Lipinski definition) is 4. The van der Waals surface area contributed by atoms with Gasteiger partial charge in [-0.05, 0) is 55.7 Å². The van der Waals surface area contributed by atoms with Crippen molar-refractivity contribution in [1.82, 2.24) is 15.6 Å². The number of aromatic nitrogens is 1. The third kappa shape index (κ3) is 8.92. The topological polar surface area (TPSA) is 121 Å². The molecule has 1 aromatic heterocycles. The van der Waals surface area contributed by atoms with Crippen LogP contribution < -0.4 is 10.6 Å². The highest BCUT2D eigenvalue weighted by molar-refractivity contribution is 5.87. The van der Waals surface area contributed by atoms with Crippen molar-refractivity contribution in [2.45, 2.75) is 69.4 Å². The van der Waals surface area contributed by atoms with Gasteiger partial charge in [-0.15, -0.1) is 13.2 Å². The molecule has 4 rings (SSSR count). The van der Waals surface area contributed by atoms with Gasteiger partial charge in [0.05, 0.1) is 30.0 Å². The lowest BCUT2D eigenvalue weighted by Gasteiger charge is -2.29. The van der Waals surface area contributed by atoms with Crippen LogP contribution in [0.25, 0.3) is 10.9 Å². The van der Waals surface area contributed by atoms with E-state index in [9.17, 15) is 19.5 Å². The summed E-state index contributed by atoms with van der Waals surface area (Å²) in [5.41, 5.74) is 2.38. The van der Waals surface area contributed by atoms with Gasteiger partial charge in [-0.2, -0.15) is 0 Å². The summed E-state index contributed by atoms with van der Waals surface area (Å²) in [7, 11) is 0. The van der Waals surface area contributed by atoms with Crippen LogP contribution in [-0.4, -0.2) is 52.7 Å². The van der Waals surface area contributed by atoms with Crippen LogP contribution in [0.15, 0.2) is 86.1 Å². The third-order valence-corrected chi connectivity index (χ3v) is 8.55. The largest absolute Gasteiger partial charge is 0.463 e. The van der Waals surface area contributed by atoms with Gasteiger partial charge in [0.1, 0.15) is 6.61 Å². The maximum Gasteiger partial charge on any atom is 0.309 e. The summed E-state index contributed by atoms with van der Waals surface area (Å²) in [4.78, 5) is 43.2. The molecular formula is C36H45N3O5. The van der Waals surface area contributed by atoms with Gasteiger partial charge in [0.25, 0.3) is 0 Å². The average Bonchev–Trinajstić information content (AvgIpc) is 3.67. The fraction of sp³-hybridized carbons (Fsp3) is 0.417. The minimum atomic E-state index is -0.655. The van der Waals surface area contributed by atoms with Crippen molar-refractivity contribution < 1.29 is 24.2 Å². The van der Waals surface area contributed by atoms with E-state index in [1.807, 2.05) is 60.8 Å². The fourth-order valence-electron chi connectivity index (χ4n) is 6.13. The lowest BCUT2D eigenvalue weighted by Crippen LogP contribution is -2.50. The van der Waals surface area contributed by atoms with Crippen molar-refractivity contribution in [2.75, 3.05) is 13.2 Å². The van der Waals surface area contributed by atoms with E-state index >= 15 is 0 Å². The van der Waals surface area contributed by atoms with Gasteiger partial charge in [0.2, 0.25) is 11.8 Å². The van der Waals surface area contributed by atoms with Gasteiger partial charge >= 0.3 is 5.97 Å². The summed E-state index contributed by atoms with van der Waals surface area (Å²) in [5, 5.41) is 17.0. The van der Waals surface area contributed by atoms with Crippen molar-refractivity contribution in [3.05, 3.63) is 97.2 Å². The minimum absolute atomic E-state index is 0.0207. The lowest BCUT2D eigenvalue weighted by molar-refractivity contribution is -0.149. The number of carbonyl (C=O) groups excluding carboxylic acids is 3. The van der Waals surface area contributed by atoms with Gasteiger partial charge in [-0.25, -0.2) is 0 Å². The quantitative estimate of drug-likeness (QED) is 0.126. The molecule has 3 aromatic rings. The van der Waals surface area contributed by atoms with E-state index in [1.54, 1.807) is 12.2 Å². The Kier molecular flexibility index (Phi) is 11.9. The fourth-order valence-corrected chi connectivity index (χ4v) is 6.13. The molecule has 0 aliphatic heterocycles. The van der Waals surface area contributed by atoms with Gasteiger partial charge in [-0.1, -0.05) is 73.5 Å². The van der Waals surface area contributed by atoms with Crippen molar-refractivity contribution in [3.8, 4) is 0 Å². The van der Waals surface area contributed by atoms with Crippen LogP contribution in [0.3, 0.4) is 0 Å². The number of ether oxygens (including phenoxy) is 1. The first-order valence-corrected chi connectivity index (χ1v) is 15.6. The third-order valence-electron chi connectivity index (χ3n) is 8.55. The molecule has 234 valence electrons. The highest BCUT2D eigenvalue weighted by Crippen LogP contribution is 2.29. The second-order valence-corrected chi connectivity index (χ2v) is 11.9. The molecule has 3 atom stereocenters. The first-order chi connectivity index (χ1) is 21.4. The first-order valence-electron chi connectivity index (χ1n) is 15.6. The van der Waals surface area contributed by atoms with E-state index in [-0.39, 0.29) is 37.4 Å². The Morgan fingerprint density at radius 2 is 1.64 bits per heavy atom. The van der Waals surface area contributed by atoms with E-state index in [4.69, 9.17) is 4.74 Å². The van der Waals surface area contributed by atoms with E-state index in [2.05, 4.69) is 28.8 Å². The maximum atomic E-state index is 13.6. The minimum Gasteiger partial charge on any atom is -0.463 e. The normalized spacial score (nSPS) is 16.0. The number of rotatable bonds is 17. The number of hydrogen-bond acceptors (Lipinski definition) is 5. The van der Waals surface area contributed by atoms with Crippen LogP contribution in [-0.2, 0) is 32.0 Å². The van der Waals surface area contributed by atoms with Crippen molar-refractivity contribution >= 4 is 28.7 Å². The molecule has 1 aliphatic carbocycles. The van der Waals surface area contributed by atoms with E-state index in [0.29, 0.717) is 25.7 Å². The Morgan fingerprint density at radius 3 is 2.34 bits per heavy atom. The summed E-state index contributed by atoms with van der Waals surface area (Å²) in [6.07, 6.45) is 10.3. The zero-order chi connectivity index (χ0) is 31.4. The molecule has 8 heteroatoms. The molecule has 1 fully saturated rings. The number of allylic oxidation sites excluding steroid dienone is 2. The number of carbonyl (C=O) groups is 3. The lowest BCUT2D eigenvalue weighted by atomic mass is 9.95. The van der Waals surface area contributed by atoms with Crippen LogP contribution in [0.1, 0.15) is 56.1 Å². The number of H-pyrrole nitrogens is 1. The van der Waals surface area contributed by atoms with Gasteiger partial charge in [-0.3, -0.25) is 14.4 Å². The molecule has 44 heavy (non-hydrogen) atoms. The Hall–Kier alpha value is -4.17. The zero-order valence-corrected chi connectivity index (χ0v) is 25.4. The number of aliphatic hydroxyl groups is 1. The number of esters is 1. The number of aromatic amines is 1. The molecule has 0 unspecified atom stereocenters. The first kappa shape index (κ1) is 32.7. The van der Waals surface area contributed by atoms with E-state index in [0.717, 1.165) is 47.7 Å². The van der Waals surface area contributed by atoms with Gasteiger partial charge < -0.3 is 25.5 Å². The molecule has 0 bridgehead atoms. The standard InChI is InChI=1S/C36H45N3O5/c1-3-12-27(22-33(41)39-36(25-40)18-10-11-19-36)34(42)38-30(21-29-23-37-32-17-9-8-16-31(29)32)24-44-35(43)28(13-4-2)20-26-14-6-5-7-15-26/h3-9,14-17,23,27-28,30,37,40H,1-2,10-13,18-22,24-25H2,(H,38,42)(H,39,41)/t27-,28-,30-/m0/s1. The molecule has 2 amide bonds. The predicted octanol–water partition coefficient (Wildman–Crippen LogP) is 5.18. The molecule has 1 heterocycles. The van der Waals surface area contributed by atoms with Gasteiger partial charge in [0.15, 0.2) is 0 Å². The Bertz CT molecular complexity index is 1410. The van der Waals surface area contributed by atoms with Crippen molar-refractivity contribution in [3.63, 3.8) is 0 Å². The van der Waals surface area contributed by atoms with E-state index < -0.39 is 23.4 Å². The smallest absolute Gasteiger partial charge is 0.309 e. The summed E-state index contributed by atoms with van der Waals surface area (Å²) in [6, 6.07) is 17.2. The second-order valence-electron chi connectivity index (χ2n) is 11.9. The second kappa shape index (κ2) is 16.1. The van der Waals surface area contributed by atoms with Crippen LogP contribution in [0, 0.1) is 11.8 Å². The summed E-state index contributed by atoms with van der Waals surface area (Å²) in [6.45, 7) is 7.47. The van der Waals surface area contributed by atoms with Crippen LogP contribution in [0.4, 0.5) is 0 Å². The number of aliphatic hydroxyl groups excluding tert-OH is 1. The molecule has 1 saturated carbocycles. The molecule has 0 spiro atoms. The Morgan fingerprint density at radius 1 is 0.955 bits per heavy atom. The highest BCUT2D eigenvalue weighted by Gasteiger charge is 2.35. The van der Waals surface area contributed by atoms with Crippen molar-refractivity contribution in [1.29, 1.82) is 0 Å². The molecule has 8 nitrogen and oxygen atoms in total. The highest BCUT2D eigenvalue weighted by atomic mass is 16.5. The molecule has 1 aliphatic rings. The van der Waals surface area contributed by atoms with Crippen molar-refractivity contribution in [2.24, 2.45) is 11.8 Å². The Labute approximate surface area is 260 Å². The van der Waals surface area contributed by atoms with Crippen LogP contribution in [0.2, 0.25) is 0 Å². The molecular weight excluding hydrogens is 554 g/mol. The van der Waals surface area contributed by atoms with Gasteiger partial charge in [0, 0.05) is 23.5 Å². The predicted molar refractivity (Wildman–Crippen MR) is 173 cm³/mol. The zero-order valence-electron chi connectivity index (χ0n) is 25.4. The molecule has 2 aromatic carbocycles. The Balaban J connectivity index is 1.47.